The van der Waals surface area contributed by atoms with E-state index >= 15 is 0 Å². The molecule has 4 heteroatoms. The number of hydrogen-bond donors (Lipinski definition) is 1. The highest BCUT2D eigenvalue weighted by Crippen LogP contribution is 2.28. The molecule has 0 atom stereocenters. The van der Waals surface area contributed by atoms with Crippen LogP contribution in [0.5, 0.6) is 5.75 Å². The Bertz CT molecular complexity index is 755. The molecule has 146 valence electrons. The zero-order valence-corrected chi connectivity index (χ0v) is 16.7. The molecule has 1 aromatic heterocycles. The molecule has 1 heterocycles. The summed E-state index contributed by atoms with van der Waals surface area (Å²) in [6, 6.07) is 10.1. The summed E-state index contributed by atoms with van der Waals surface area (Å²) in [5, 5.41) is 3.12. The van der Waals surface area contributed by atoms with Crippen LogP contribution in [0.15, 0.2) is 34.7 Å². The summed E-state index contributed by atoms with van der Waals surface area (Å²) >= 11 is 0. The Hall–Kier alpha value is -2.23. The molecule has 1 saturated carbocycles. The maximum atomic E-state index is 12.5. The second-order valence-electron chi connectivity index (χ2n) is 7.91. The minimum atomic E-state index is -0.119. The molecule has 0 spiro atoms. The molecule has 2 aromatic rings. The molecule has 1 N–H and O–H groups in total. The van der Waals surface area contributed by atoms with Crippen molar-refractivity contribution in [1.29, 1.82) is 0 Å². The van der Waals surface area contributed by atoms with E-state index in [-0.39, 0.29) is 11.9 Å². The Morgan fingerprint density at radius 2 is 1.89 bits per heavy atom. The normalized spacial score (nSPS) is 15.6. The highest BCUT2D eigenvalue weighted by Gasteiger charge is 2.18. The van der Waals surface area contributed by atoms with Gasteiger partial charge in [0.1, 0.15) is 18.1 Å². The Morgan fingerprint density at radius 1 is 1.15 bits per heavy atom. The molecule has 1 fully saturated rings. The maximum Gasteiger partial charge on any atom is 0.287 e. The zero-order valence-electron chi connectivity index (χ0n) is 16.7. The van der Waals surface area contributed by atoms with E-state index in [1.165, 1.54) is 31.2 Å². The van der Waals surface area contributed by atoms with Crippen LogP contribution >= 0.6 is 0 Å². The molecule has 0 radical (unpaired) electrons. The summed E-state index contributed by atoms with van der Waals surface area (Å²) in [5.41, 5.74) is 2.34. The van der Waals surface area contributed by atoms with Crippen molar-refractivity contribution in [3.05, 3.63) is 53.0 Å². The van der Waals surface area contributed by atoms with Crippen molar-refractivity contribution >= 4 is 5.91 Å². The van der Waals surface area contributed by atoms with Crippen molar-refractivity contribution in [2.45, 2.75) is 77.9 Å². The number of nitrogens with one attached hydrogen (secondary N) is 1. The van der Waals surface area contributed by atoms with E-state index in [2.05, 4.69) is 44.3 Å². The summed E-state index contributed by atoms with van der Waals surface area (Å²) < 4.78 is 11.7. The van der Waals surface area contributed by atoms with Gasteiger partial charge in [0.05, 0.1) is 0 Å². The number of carbonyl (C=O) groups excluding carboxylic acids is 1. The topological polar surface area (TPSA) is 51.5 Å². The zero-order chi connectivity index (χ0) is 19.2. The molecule has 1 aromatic carbocycles. The van der Waals surface area contributed by atoms with Gasteiger partial charge in [0.2, 0.25) is 0 Å². The van der Waals surface area contributed by atoms with Gasteiger partial charge in [0.15, 0.2) is 5.76 Å². The second kappa shape index (κ2) is 9.12. The van der Waals surface area contributed by atoms with E-state index in [1.54, 1.807) is 6.07 Å². The summed E-state index contributed by atoms with van der Waals surface area (Å²) in [6.45, 7) is 6.68. The fraction of sp³-hybridized carbons (Fsp3) is 0.522. The Kier molecular flexibility index (Phi) is 6.59. The minimum Gasteiger partial charge on any atom is -0.485 e. The number of amides is 1. The smallest absolute Gasteiger partial charge is 0.287 e. The van der Waals surface area contributed by atoms with Gasteiger partial charge in [0.25, 0.3) is 5.91 Å². The predicted octanol–water partition coefficient (Wildman–Crippen LogP) is 5.74. The molecule has 1 aliphatic carbocycles. The molecule has 1 amide bonds. The highest BCUT2D eigenvalue weighted by molar-refractivity contribution is 5.91. The SMILES string of the molecule is Cc1ccc(C(C)C)c(OCc2ccc(C(=O)NC3CCCCCC3)o2)c1. The molecule has 0 bridgehead atoms. The van der Waals surface area contributed by atoms with Crippen molar-refractivity contribution in [2.75, 3.05) is 0 Å². The average molecular weight is 370 g/mol. The standard InChI is InChI=1S/C23H31NO3/c1-16(2)20-12-10-17(3)14-22(20)26-15-19-11-13-21(27-19)23(25)24-18-8-6-4-5-7-9-18/h10-14,16,18H,4-9,15H2,1-3H3,(H,24,25). The summed E-state index contributed by atoms with van der Waals surface area (Å²) in [7, 11) is 0. The van der Waals surface area contributed by atoms with Gasteiger partial charge in [-0.1, -0.05) is 51.7 Å². The van der Waals surface area contributed by atoms with Gasteiger partial charge in [-0.2, -0.15) is 0 Å². The van der Waals surface area contributed by atoms with Gasteiger partial charge in [-0.05, 0) is 55.0 Å². The van der Waals surface area contributed by atoms with Crippen molar-refractivity contribution in [3.8, 4) is 5.75 Å². The number of hydrogen-bond acceptors (Lipinski definition) is 3. The van der Waals surface area contributed by atoms with Gasteiger partial charge in [0, 0.05) is 6.04 Å². The first-order chi connectivity index (χ1) is 13.0. The maximum absolute atomic E-state index is 12.5. The predicted molar refractivity (Wildman–Crippen MR) is 107 cm³/mol. The highest BCUT2D eigenvalue weighted by atomic mass is 16.5. The van der Waals surface area contributed by atoms with Gasteiger partial charge in [-0.3, -0.25) is 4.79 Å². The number of ether oxygens (including phenoxy) is 1. The first-order valence-electron chi connectivity index (χ1n) is 10.2. The van der Waals surface area contributed by atoms with Gasteiger partial charge in [-0.15, -0.1) is 0 Å². The molecule has 0 saturated heterocycles. The van der Waals surface area contributed by atoms with Crippen LogP contribution in [-0.2, 0) is 6.61 Å². The lowest BCUT2D eigenvalue weighted by Crippen LogP contribution is -2.34. The number of aryl methyl sites for hydroxylation is 1. The molecule has 0 unspecified atom stereocenters. The Balaban J connectivity index is 1.59. The van der Waals surface area contributed by atoms with E-state index in [1.807, 2.05) is 6.07 Å². The quantitative estimate of drug-likeness (QED) is 0.660. The van der Waals surface area contributed by atoms with Gasteiger partial charge in [-0.25, -0.2) is 0 Å². The fourth-order valence-electron chi connectivity index (χ4n) is 3.65. The minimum absolute atomic E-state index is 0.119. The van der Waals surface area contributed by atoms with E-state index in [0.29, 0.717) is 24.0 Å². The summed E-state index contributed by atoms with van der Waals surface area (Å²) in [6.07, 6.45) is 7.05. The lowest BCUT2D eigenvalue weighted by Gasteiger charge is -2.15. The van der Waals surface area contributed by atoms with Crippen molar-refractivity contribution < 1.29 is 13.9 Å². The average Bonchev–Trinajstić information content (AvgIpc) is 2.97. The van der Waals surface area contributed by atoms with Crippen molar-refractivity contribution in [3.63, 3.8) is 0 Å². The van der Waals surface area contributed by atoms with Crippen LogP contribution in [0.25, 0.3) is 0 Å². The molecular formula is C23H31NO3. The molecule has 0 aliphatic heterocycles. The lowest BCUT2D eigenvalue weighted by atomic mass is 10.0. The Morgan fingerprint density at radius 3 is 2.59 bits per heavy atom. The van der Waals surface area contributed by atoms with E-state index < -0.39 is 0 Å². The molecule has 27 heavy (non-hydrogen) atoms. The van der Waals surface area contributed by atoms with E-state index in [9.17, 15) is 4.79 Å². The molecule has 1 aliphatic rings. The first-order valence-corrected chi connectivity index (χ1v) is 10.2. The van der Waals surface area contributed by atoms with Crippen LogP contribution in [0.1, 0.15) is 85.7 Å². The third-order valence-corrected chi connectivity index (χ3v) is 5.24. The van der Waals surface area contributed by atoms with Crippen molar-refractivity contribution in [1.82, 2.24) is 5.32 Å². The lowest BCUT2D eigenvalue weighted by molar-refractivity contribution is 0.0901. The largest absolute Gasteiger partial charge is 0.485 e. The molecule has 3 rings (SSSR count). The summed E-state index contributed by atoms with van der Waals surface area (Å²) in [5.74, 6) is 2.18. The third-order valence-electron chi connectivity index (χ3n) is 5.24. The van der Waals surface area contributed by atoms with Crippen LogP contribution < -0.4 is 10.1 Å². The summed E-state index contributed by atoms with van der Waals surface area (Å²) in [4.78, 5) is 12.5. The van der Waals surface area contributed by atoms with E-state index in [4.69, 9.17) is 9.15 Å². The van der Waals surface area contributed by atoms with Gasteiger partial charge >= 0.3 is 0 Å². The monoisotopic (exact) mass is 369 g/mol. The van der Waals surface area contributed by atoms with Crippen molar-refractivity contribution in [2.24, 2.45) is 0 Å². The van der Waals surface area contributed by atoms with Gasteiger partial charge < -0.3 is 14.5 Å². The number of furan rings is 1. The Labute approximate surface area is 162 Å². The van der Waals surface area contributed by atoms with Crippen LogP contribution in [0.3, 0.4) is 0 Å². The number of rotatable bonds is 6. The van der Waals surface area contributed by atoms with E-state index in [0.717, 1.165) is 24.2 Å². The van der Waals surface area contributed by atoms with Crippen LogP contribution in [0, 0.1) is 6.92 Å². The third kappa shape index (κ3) is 5.38. The van der Waals surface area contributed by atoms with Crippen LogP contribution in [-0.4, -0.2) is 11.9 Å². The molecule has 4 nitrogen and oxygen atoms in total. The molecular weight excluding hydrogens is 338 g/mol. The van der Waals surface area contributed by atoms with Crippen LogP contribution in [0.4, 0.5) is 0 Å². The van der Waals surface area contributed by atoms with Crippen LogP contribution in [0.2, 0.25) is 0 Å². The number of carbonyl (C=O) groups is 1. The number of benzene rings is 1. The fourth-order valence-corrected chi connectivity index (χ4v) is 3.65. The second-order valence-corrected chi connectivity index (χ2v) is 7.91. The first kappa shape index (κ1) is 19.5.